The second kappa shape index (κ2) is 5.61. The molecule has 3 rings (SSSR count). The fourth-order valence-corrected chi connectivity index (χ4v) is 4.38. The summed E-state index contributed by atoms with van der Waals surface area (Å²) in [6.45, 7) is 2.51. The van der Waals surface area contributed by atoms with Gasteiger partial charge in [0.2, 0.25) is 10.0 Å². The molecule has 6 heteroatoms. The van der Waals surface area contributed by atoms with Crippen LogP contribution in [0.25, 0.3) is 0 Å². The SMILES string of the molecule is CCc1cc([C@H]2CCCN2S(=O)(=O)c2ccccc2)on1. The van der Waals surface area contributed by atoms with Crippen LogP contribution in [0.3, 0.4) is 0 Å². The Morgan fingerprint density at radius 1 is 1.33 bits per heavy atom. The molecule has 1 aliphatic heterocycles. The van der Waals surface area contributed by atoms with E-state index in [1.165, 1.54) is 4.31 Å². The van der Waals surface area contributed by atoms with Crippen molar-refractivity contribution in [1.82, 2.24) is 9.46 Å². The van der Waals surface area contributed by atoms with Crippen LogP contribution < -0.4 is 0 Å². The quantitative estimate of drug-likeness (QED) is 0.871. The molecule has 1 aromatic heterocycles. The molecule has 21 heavy (non-hydrogen) atoms. The van der Waals surface area contributed by atoms with Crippen LogP contribution in [0.1, 0.15) is 37.3 Å². The maximum absolute atomic E-state index is 12.8. The standard InChI is InChI=1S/C15H18N2O3S/c1-2-12-11-15(20-16-12)14-9-6-10-17(14)21(18,19)13-7-4-3-5-8-13/h3-5,7-8,11,14H,2,6,9-10H2,1H3/t14-/m1/s1. The maximum Gasteiger partial charge on any atom is 0.243 e. The molecular formula is C15H18N2O3S. The third-order valence-electron chi connectivity index (χ3n) is 3.82. The van der Waals surface area contributed by atoms with Crippen LogP contribution in [0.15, 0.2) is 45.8 Å². The lowest BCUT2D eigenvalue weighted by atomic mass is 10.1. The van der Waals surface area contributed by atoms with Crippen LogP contribution in [-0.4, -0.2) is 24.4 Å². The third-order valence-corrected chi connectivity index (χ3v) is 5.74. The summed E-state index contributed by atoms with van der Waals surface area (Å²) >= 11 is 0. The number of hydrogen-bond donors (Lipinski definition) is 0. The number of benzene rings is 1. The van der Waals surface area contributed by atoms with Crippen LogP contribution in [0.2, 0.25) is 0 Å². The monoisotopic (exact) mass is 306 g/mol. The molecule has 0 saturated carbocycles. The van der Waals surface area contributed by atoms with Crippen molar-refractivity contribution in [2.24, 2.45) is 0 Å². The lowest BCUT2D eigenvalue weighted by Gasteiger charge is -2.22. The Kier molecular flexibility index (Phi) is 3.82. The Morgan fingerprint density at radius 3 is 2.76 bits per heavy atom. The summed E-state index contributed by atoms with van der Waals surface area (Å²) in [5.41, 5.74) is 0.856. The zero-order valence-corrected chi connectivity index (χ0v) is 12.7. The fourth-order valence-electron chi connectivity index (χ4n) is 2.69. The summed E-state index contributed by atoms with van der Waals surface area (Å²) in [5, 5.41) is 3.97. The Morgan fingerprint density at radius 2 is 2.10 bits per heavy atom. The van der Waals surface area contributed by atoms with Crippen LogP contribution in [0.5, 0.6) is 0 Å². The average molecular weight is 306 g/mol. The van der Waals surface area contributed by atoms with Crippen LogP contribution in [-0.2, 0) is 16.4 Å². The Labute approximate surface area is 124 Å². The molecule has 0 unspecified atom stereocenters. The zero-order valence-electron chi connectivity index (χ0n) is 11.9. The summed E-state index contributed by atoms with van der Waals surface area (Å²) in [4.78, 5) is 0.326. The predicted molar refractivity (Wildman–Crippen MR) is 78.2 cm³/mol. The van der Waals surface area contributed by atoms with E-state index in [0.717, 1.165) is 25.0 Å². The van der Waals surface area contributed by atoms with Crippen molar-refractivity contribution < 1.29 is 12.9 Å². The van der Waals surface area contributed by atoms with Crippen molar-refractivity contribution in [1.29, 1.82) is 0 Å². The molecule has 1 fully saturated rings. The highest BCUT2D eigenvalue weighted by atomic mass is 32.2. The molecule has 0 spiro atoms. The van der Waals surface area contributed by atoms with E-state index in [1.807, 2.05) is 19.1 Å². The first-order valence-corrected chi connectivity index (χ1v) is 8.59. The van der Waals surface area contributed by atoms with Gasteiger partial charge in [-0.1, -0.05) is 30.3 Å². The molecule has 0 amide bonds. The molecule has 1 aromatic carbocycles. The largest absolute Gasteiger partial charge is 0.359 e. The van der Waals surface area contributed by atoms with E-state index in [2.05, 4.69) is 5.16 Å². The topological polar surface area (TPSA) is 63.4 Å². The van der Waals surface area contributed by atoms with Gasteiger partial charge in [0.05, 0.1) is 16.6 Å². The summed E-state index contributed by atoms with van der Waals surface area (Å²) in [6, 6.07) is 10.2. The van der Waals surface area contributed by atoms with Crippen LogP contribution in [0.4, 0.5) is 0 Å². The first-order chi connectivity index (χ1) is 10.1. The van der Waals surface area contributed by atoms with Crippen molar-refractivity contribution in [2.75, 3.05) is 6.54 Å². The van der Waals surface area contributed by atoms with E-state index >= 15 is 0 Å². The van der Waals surface area contributed by atoms with Gasteiger partial charge in [-0.15, -0.1) is 0 Å². The smallest absolute Gasteiger partial charge is 0.243 e. The minimum absolute atomic E-state index is 0.247. The summed E-state index contributed by atoms with van der Waals surface area (Å²) in [5.74, 6) is 0.642. The van der Waals surface area contributed by atoms with Gasteiger partial charge in [-0.25, -0.2) is 8.42 Å². The first kappa shape index (κ1) is 14.3. The summed E-state index contributed by atoms with van der Waals surface area (Å²) < 4.78 is 32.4. The van der Waals surface area contributed by atoms with E-state index in [9.17, 15) is 8.42 Å². The number of aryl methyl sites for hydroxylation is 1. The van der Waals surface area contributed by atoms with E-state index in [4.69, 9.17) is 4.52 Å². The molecule has 1 saturated heterocycles. The van der Waals surface area contributed by atoms with Gasteiger partial charge in [0.15, 0.2) is 5.76 Å². The van der Waals surface area contributed by atoms with Crippen LogP contribution in [0, 0.1) is 0 Å². The third kappa shape index (κ3) is 2.61. The first-order valence-electron chi connectivity index (χ1n) is 7.15. The van der Waals surface area contributed by atoms with Gasteiger partial charge in [0, 0.05) is 12.6 Å². The molecule has 112 valence electrons. The van der Waals surface area contributed by atoms with Crippen molar-refractivity contribution in [3.8, 4) is 0 Å². The Bertz CT molecular complexity index is 710. The van der Waals surface area contributed by atoms with Crippen molar-refractivity contribution >= 4 is 10.0 Å². The van der Waals surface area contributed by atoms with Gasteiger partial charge in [-0.2, -0.15) is 4.31 Å². The van der Waals surface area contributed by atoms with Crippen molar-refractivity contribution in [3.63, 3.8) is 0 Å². The molecule has 0 radical (unpaired) electrons. The second-order valence-electron chi connectivity index (χ2n) is 5.16. The highest BCUT2D eigenvalue weighted by molar-refractivity contribution is 7.89. The maximum atomic E-state index is 12.8. The lowest BCUT2D eigenvalue weighted by molar-refractivity contribution is 0.296. The molecule has 1 aliphatic rings. The minimum Gasteiger partial charge on any atom is -0.359 e. The van der Waals surface area contributed by atoms with Gasteiger partial charge in [-0.3, -0.25) is 0 Å². The predicted octanol–water partition coefficient (Wildman–Crippen LogP) is 2.76. The molecule has 0 N–H and O–H groups in total. The second-order valence-corrected chi connectivity index (χ2v) is 7.05. The molecule has 1 atom stereocenters. The van der Waals surface area contributed by atoms with E-state index in [0.29, 0.717) is 17.2 Å². The minimum atomic E-state index is -3.49. The van der Waals surface area contributed by atoms with Gasteiger partial charge in [0.1, 0.15) is 0 Å². The molecular weight excluding hydrogens is 288 g/mol. The van der Waals surface area contributed by atoms with Crippen molar-refractivity contribution in [2.45, 2.75) is 37.1 Å². The number of nitrogens with zero attached hydrogens (tertiary/aromatic N) is 2. The zero-order chi connectivity index (χ0) is 14.9. The number of aromatic nitrogens is 1. The van der Waals surface area contributed by atoms with Crippen molar-refractivity contribution in [3.05, 3.63) is 47.9 Å². The molecule has 5 nitrogen and oxygen atoms in total. The highest BCUT2D eigenvalue weighted by Gasteiger charge is 2.38. The van der Waals surface area contributed by atoms with Gasteiger partial charge in [-0.05, 0) is 31.4 Å². The Hall–Kier alpha value is -1.66. The number of hydrogen-bond acceptors (Lipinski definition) is 4. The molecule has 0 aliphatic carbocycles. The normalized spacial score (nSPS) is 20.0. The highest BCUT2D eigenvalue weighted by Crippen LogP contribution is 2.36. The average Bonchev–Trinajstić information content (AvgIpc) is 3.16. The Balaban J connectivity index is 1.94. The van der Waals surface area contributed by atoms with Gasteiger partial charge >= 0.3 is 0 Å². The van der Waals surface area contributed by atoms with Gasteiger partial charge in [0.25, 0.3) is 0 Å². The number of rotatable bonds is 4. The van der Waals surface area contributed by atoms with E-state index in [1.54, 1.807) is 24.3 Å². The molecule has 0 bridgehead atoms. The van der Waals surface area contributed by atoms with Crippen LogP contribution >= 0.6 is 0 Å². The van der Waals surface area contributed by atoms with E-state index in [-0.39, 0.29) is 6.04 Å². The summed E-state index contributed by atoms with van der Waals surface area (Å²) in [7, 11) is -3.49. The van der Waals surface area contributed by atoms with E-state index < -0.39 is 10.0 Å². The lowest BCUT2D eigenvalue weighted by Crippen LogP contribution is -2.30. The summed E-state index contributed by atoms with van der Waals surface area (Å²) in [6.07, 6.45) is 2.38. The number of sulfonamides is 1. The van der Waals surface area contributed by atoms with Gasteiger partial charge < -0.3 is 4.52 Å². The molecule has 2 heterocycles. The molecule has 2 aromatic rings. The fraction of sp³-hybridized carbons (Fsp3) is 0.400.